The molecule has 0 spiro atoms. The molecular formula is C23H49N. The molecule has 0 aliphatic heterocycles. The zero-order valence-electron chi connectivity index (χ0n) is 17.1. The summed E-state index contributed by atoms with van der Waals surface area (Å²) in [5.74, 6) is 1.09. The Morgan fingerprint density at radius 3 is 1.29 bits per heavy atom. The van der Waals surface area contributed by atoms with Gasteiger partial charge in [-0.3, -0.25) is 0 Å². The van der Waals surface area contributed by atoms with E-state index in [1.165, 1.54) is 122 Å². The van der Waals surface area contributed by atoms with Crippen LogP contribution in [0.4, 0.5) is 0 Å². The predicted octanol–water partition coefficient (Wildman–Crippen LogP) is 8.99. The number of unbranched alkanes of at least 4 members (excludes halogenated alkanes) is 13. The summed E-state index contributed by atoms with van der Waals surface area (Å²) >= 11 is 0. The fraction of sp³-hybridized carbons (Fsp3) is 1.00. The molecule has 0 aromatic carbocycles. The third-order valence-electron chi connectivity index (χ3n) is 5.94. The van der Waals surface area contributed by atoms with Gasteiger partial charge in [0.15, 0.2) is 0 Å². The van der Waals surface area contributed by atoms with Gasteiger partial charge < -0.3 is 6.15 Å². The summed E-state index contributed by atoms with van der Waals surface area (Å²) < 4.78 is 0. The molecule has 0 atom stereocenters. The van der Waals surface area contributed by atoms with Crippen LogP contribution >= 0.6 is 0 Å². The zero-order valence-corrected chi connectivity index (χ0v) is 17.1. The highest BCUT2D eigenvalue weighted by molar-refractivity contribution is 4.64. The molecule has 3 N–H and O–H groups in total. The Morgan fingerprint density at radius 2 is 0.875 bits per heavy atom. The van der Waals surface area contributed by atoms with Gasteiger partial charge in [-0.2, -0.15) is 0 Å². The van der Waals surface area contributed by atoms with Gasteiger partial charge in [0, 0.05) is 0 Å². The fourth-order valence-corrected chi connectivity index (χ4v) is 4.28. The number of hydrogen-bond donors (Lipinski definition) is 1. The van der Waals surface area contributed by atoms with Gasteiger partial charge in [0.05, 0.1) is 0 Å². The van der Waals surface area contributed by atoms with Crippen molar-refractivity contribution in [1.82, 2.24) is 6.15 Å². The van der Waals surface area contributed by atoms with Gasteiger partial charge in [-0.05, 0) is 5.92 Å². The second-order valence-electron chi connectivity index (χ2n) is 8.24. The first-order valence-electron chi connectivity index (χ1n) is 11.4. The molecule has 0 amide bonds. The van der Waals surface area contributed by atoms with Crippen molar-refractivity contribution in [1.29, 1.82) is 0 Å². The minimum atomic E-state index is 0. The maximum atomic E-state index is 2.30. The van der Waals surface area contributed by atoms with Gasteiger partial charge in [0.2, 0.25) is 0 Å². The van der Waals surface area contributed by atoms with Gasteiger partial charge >= 0.3 is 0 Å². The third kappa shape index (κ3) is 15.5. The van der Waals surface area contributed by atoms with E-state index < -0.39 is 0 Å². The van der Waals surface area contributed by atoms with Gasteiger partial charge in [-0.1, -0.05) is 142 Å². The van der Waals surface area contributed by atoms with Crippen molar-refractivity contribution in [2.45, 2.75) is 142 Å². The molecule has 1 saturated carbocycles. The van der Waals surface area contributed by atoms with Crippen LogP contribution in [0.3, 0.4) is 0 Å². The SMILES string of the molecule is CCCCCCCCCCCCCCCCC1CCCCCC1.N. The van der Waals surface area contributed by atoms with E-state index in [9.17, 15) is 0 Å². The lowest BCUT2D eigenvalue weighted by Gasteiger charge is -2.13. The summed E-state index contributed by atoms with van der Waals surface area (Å²) in [7, 11) is 0. The van der Waals surface area contributed by atoms with Crippen LogP contribution in [-0.2, 0) is 0 Å². The van der Waals surface area contributed by atoms with Crippen molar-refractivity contribution in [3.63, 3.8) is 0 Å². The Labute approximate surface area is 154 Å². The summed E-state index contributed by atoms with van der Waals surface area (Å²) in [6.07, 6.45) is 31.4. The average molecular weight is 340 g/mol. The molecule has 0 heterocycles. The number of rotatable bonds is 15. The van der Waals surface area contributed by atoms with Crippen LogP contribution in [0.25, 0.3) is 0 Å². The molecule has 0 aromatic rings. The molecule has 24 heavy (non-hydrogen) atoms. The summed E-state index contributed by atoms with van der Waals surface area (Å²) in [5.41, 5.74) is 0. The van der Waals surface area contributed by atoms with Crippen LogP contribution in [0, 0.1) is 5.92 Å². The Bertz CT molecular complexity index is 218. The van der Waals surface area contributed by atoms with Crippen LogP contribution in [0.5, 0.6) is 0 Å². The van der Waals surface area contributed by atoms with Crippen LogP contribution in [0.2, 0.25) is 0 Å². The van der Waals surface area contributed by atoms with E-state index in [-0.39, 0.29) is 6.15 Å². The van der Waals surface area contributed by atoms with Crippen LogP contribution < -0.4 is 6.15 Å². The van der Waals surface area contributed by atoms with E-state index in [0.717, 1.165) is 5.92 Å². The van der Waals surface area contributed by atoms with Crippen molar-refractivity contribution in [3.8, 4) is 0 Å². The molecule has 0 aromatic heterocycles. The lowest BCUT2D eigenvalue weighted by Crippen LogP contribution is -1.98. The molecule has 1 rings (SSSR count). The average Bonchev–Trinajstić information content (AvgIpc) is 2.84. The Balaban J connectivity index is 0.00000529. The topological polar surface area (TPSA) is 35.0 Å². The monoisotopic (exact) mass is 339 g/mol. The van der Waals surface area contributed by atoms with Crippen molar-refractivity contribution < 1.29 is 0 Å². The molecule has 1 aliphatic rings. The second-order valence-corrected chi connectivity index (χ2v) is 8.24. The van der Waals surface area contributed by atoms with Crippen LogP contribution in [-0.4, -0.2) is 0 Å². The number of hydrogen-bond acceptors (Lipinski definition) is 1. The van der Waals surface area contributed by atoms with Crippen molar-refractivity contribution >= 4 is 0 Å². The van der Waals surface area contributed by atoms with E-state index in [1.54, 1.807) is 12.8 Å². The molecule has 0 saturated heterocycles. The van der Waals surface area contributed by atoms with E-state index in [4.69, 9.17) is 0 Å². The van der Waals surface area contributed by atoms with E-state index in [1.807, 2.05) is 0 Å². The van der Waals surface area contributed by atoms with Gasteiger partial charge in [0.25, 0.3) is 0 Å². The molecular weight excluding hydrogens is 290 g/mol. The minimum absolute atomic E-state index is 0. The van der Waals surface area contributed by atoms with Crippen molar-refractivity contribution in [2.75, 3.05) is 0 Å². The second kappa shape index (κ2) is 19.3. The van der Waals surface area contributed by atoms with E-state index >= 15 is 0 Å². The fourth-order valence-electron chi connectivity index (χ4n) is 4.28. The highest BCUT2D eigenvalue weighted by Gasteiger charge is 2.11. The molecule has 0 bridgehead atoms. The minimum Gasteiger partial charge on any atom is -0.344 e. The quantitative estimate of drug-likeness (QED) is 0.234. The zero-order chi connectivity index (χ0) is 16.4. The highest BCUT2D eigenvalue weighted by Crippen LogP contribution is 2.27. The smallest absolute Gasteiger partial charge is 0.0414 e. The van der Waals surface area contributed by atoms with Crippen molar-refractivity contribution in [3.05, 3.63) is 0 Å². The van der Waals surface area contributed by atoms with E-state index in [0.29, 0.717) is 0 Å². The van der Waals surface area contributed by atoms with Crippen LogP contribution in [0.1, 0.15) is 142 Å². The largest absolute Gasteiger partial charge is 0.344 e. The first kappa shape index (κ1) is 24.0. The maximum absolute atomic E-state index is 2.30. The molecule has 0 unspecified atom stereocenters. The molecule has 0 radical (unpaired) electrons. The Kier molecular flexibility index (Phi) is 19.3. The Hall–Kier alpha value is -0.0400. The maximum Gasteiger partial charge on any atom is -0.0414 e. The lowest BCUT2D eigenvalue weighted by atomic mass is 9.93. The van der Waals surface area contributed by atoms with Crippen LogP contribution in [0.15, 0.2) is 0 Å². The first-order chi connectivity index (χ1) is 11.4. The molecule has 1 fully saturated rings. The van der Waals surface area contributed by atoms with Gasteiger partial charge in [-0.25, -0.2) is 0 Å². The summed E-state index contributed by atoms with van der Waals surface area (Å²) in [4.78, 5) is 0. The summed E-state index contributed by atoms with van der Waals surface area (Å²) in [6, 6.07) is 0. The van der Waals surface area contributed by atoms with Gasteiger partial charge in [-0.15, -0.1) is 0 Å². The molecule has 1 nitrogen and oxygen atoms in total. The van der Waals surface area contributed by atoms with Crippen molar-refractivity contribution in [2.24, 2.45) is 5.92 Å². The standard InChI is InChI=1S/C23H46.H3N/c1-2-3-4-5-6-7-8-9-10-11-12-13-14-17-20-23-21-18-15-16-19-22-23;/h23H,2-22H2,1H3;1H3. The van der Waals surface area contributed by atoms with E-state index in [2.05, 4.69) is 6.92 Å². The lowest BCUT2D eigenvalue weighted by molar-refractivity contribution is 0.404. The predicted molar refractivity (Wildman–Crippen MR) is 111 cm³/mol. The molecule has 146 valence electrons. The third-order valence-corrected chi connectivity index (χ3v) is 5.94. The molecule has 1 heteroatoms. The molecule has 1 aliphatic carbocycles. The van der Waals surface area contributed by atoms with Gasteiger partial charge in [0.1, 0.15) is 0 Å². The highest BCUT2D eigenvalue weighted by atomic mass is 14.2. The first-order valence-corrected chi connectivity index (χ1v) is 11.4. The Morgan fingerprint density at radius 1 is 0.500 bits per heavy atom. The summed E-state index contributed by atoms with van der Waals surface area (Å²) in [6.45, 7) is 2.30. The summed E-state index contributed by atoms with van der Waals surface area (Å²) in [5, 5.41) is 0. The normalized spacial score (nSPS) is 15.9.